The summed E-state index contributed by atoms with van der Waals surface area (Å²) in [5.41, 5.74) is 8.54. The summed E-state index contributed by atoms with van der Waals surface area (Å²) in [6.07, 6.45) is 0. The molecule has 0 unspecified atom stereocenters. The van der Waals surface area contributed by atoms with Crippen LogP contribution in [0.4, 0.5) is 0 Å². The number of benzene rings is 1. The zero-order valence-corrected chi connectivity index (χ0v) is 10.2. The van der Waals surface area contributed by atoms with Gasteiger partial charge in [0.15, 0.2) is 0 Å². The van der Waals surface area contributed by atoms with Crippen LogP contribution >= 0.6 is 0 Å². The molecule has 17 heavy (non-hydrogen) atoms. The van der Waals surface area contributed by atoms with E-state index in [1.54, 1.807) is 7.11 Å². The molecular weight excluding hydrogens is 218 g/mol. The van der Waals surface area contributed by atoms with Gasteiger partial charge < -0.3 is 14.9 Å². The fourth-order valence-corrected chi connectivity index (χ4v) is 1.57. The van der Waals surface area contributed by atoms with Crippen molar-refractivity contribution in [2.24, 2.45) is 5.73 Å². The Kier molecular flexibility index (Phi) is 3.10. The molecule has 0 saturated carbocycles. The molecule has 1 aromatic heterocycles. The van der Waals surface area contributed by atoms with Crippen LogP contribution in [0, 0.1) is 13.8 Å². The van der Waals surface area contributed by atoms with Gasteiger partial charge in [-0.05, 0) is 37.1 Å². The first-order valence-corrected chi connectivity index (χ1v) is 5.33. The van der Waals surface area contributed by atoms with Crippen LogP contribution in [0.1, 0.15) is 17.0 Å². The molecule has 0 radical (unpaired) electrons. The van der Waals surface area contributed by atoms with E-state index in [0.717, 1.165) is 22.4 Å². The Morgan fingerprint density at radius 1 is 1.24 bits per heavy atom. The topological polar surface area (TPSA) is 74.2 Å². The lowest BCUT2D eigenvalue weighted by molar-refractivity contribution is 0.413. The third kappa shape index (κ3) is 2.14. The first kappa shape index (κ1) is 11.6. The van der Waals surface area contributed by atoms with Gasteiger partial charge in [-0.25, -0.2) is 0 Å². The van der Waals surface area contributed by atoms with E-state index in [4.69, 9.17) is 14.9 Å². The van der Waals surface area contributed by atoms with E-state index in [0.29, 0.717) is 11.8 Å². The van der Waals surface area contributed by atoms with Crippen molar-refractivity contribution in [1.82, 2.24) is 10.2 Å². The minimum Gasteiger partial charge on any atom is -0.496 e. The Morgan fingerprint density at radius 3 is 2.53 bits per heavy atom. The first-order valence-electron chi connectivity index (χ1n) is 5.33. The Morgan fingerprint density at radius 2 is 1.94 bits per heavy atom. The van der Waals surface area contributed by atoms with Crippen molar-refractivity contribution in [3.63, 3.8) is 0 Å². The molecule has 2 N–H and O–H groups in total. The number of hydrogen-bond acceptors (Lipinski definition) is 5. The Bertz CT molecular complexity index is 535. The highest BCUT2D eigenvalue weighted by atomic mass is 16.5. The number of nitrogens with zero attached hydrogens (tertiary/aromatic N) is 2. The van der Waals surface area contributed by atoms with E-state index in [2.05, 4.69) is 10.2 Å². The Balaban J connectivity index is 2.53. The molecule has 0 aliphatic rings. The lowest BCUT2D eigenvalue weighted by atomic mass is 10.1. The summed E-state index contributed by atoms with van der Waals surface area (Å²) in [6, 6.07) is 3.93. The van der Waals surface area contributed by atoms with Gasteiger partial charge in [-0.2, -0.15) is 0 Å². The number of aryl methyl sites for hydroxylation is 2. The Hall–Kier alpha value is -1.88. The smallest absolute Gasteiger partial charge is 0.251 e. The SMILES string of the molecule is COc1cc(C)c(C)cc1-c1nnc(CN)o1. The van der Waals surface area contributed by atoms with Gasteiger partial charge in [-0.15, -0.1) is 10.2 Å². The van der Waals surface area contributed by atoms with Crippen molar-refractivity contribution in [1.29, 1.82) is 0 Å². The monoisotopic (exact) mass is 233 g/mol. The van der Waals surface area contributed by atoms with Crippen LogP contribution in [0.15, 0.2) is 16.5 Å². The predicted molar refractivity (Wildman–Crippen MR) is 63.7 cm³/mol. The van der Waals surface area contributed by atoms with Crippen molar-refractivity contribution >= 4 is 0 Å². The molecule has 0 fully saturated rings. The maximum Gasteiger partial charge on any atom is 0.251 e. The van der Waals surface area contributed by atoms with E-state index < -0.39 is 0 Å². The summed E-state index contributed by atoms with van der Waals surface area (Å²) in [6.45, 7) is 4.29. The maximum atomic E-state index is 5.44. The number of nitrogens with two attached hydrogens (primary N) is 1. The number of aromatic nitrogens is 2. The average molecular weight is 233 g/mol. The number of rotatable bonds is 3. The van der Waals surface area contributed by atoms with Crippen LogP contribution in [-0.4, -0.2) is 17.3 Å². The van der Waals surface area contributed by atoms with Gasteiger partial charge in [-0.3, -0.25) is 0 Å². The van der Waals surface area contributed by atoms with Gasteiger partial charge in [0, 0.05) is 0 Å². The molecule has 90 valence electrons. The first-order chi connectivity index (χ1) is 8.15. The molecule has 1 heterocycles. The summed E-state index contributed by atoms with van der Waals surface area (Å²) >= 11 is 0. The molecule has 1 aromatic carbocycles. The van der Waals surface area contributed by atoms with E-state index in [1.807, 2.05) is 26.0 Å². The van der Waals surface area contributed by atoms with E-state index in [9.17, 15) is 0 Å². The molecule has 0 aliphatic carbocycles. The van der Waals surface area contributed by atoms with E-state index >= 15 is 0 Å². The molecule has 2 rings (SSSR count). The summed E-state index contributed by atoms with van der Waals surface area (Å²) < 4.78 is 10.7. The van der Waals surface area contributed by atoms with Crippen LogP contribution < -0.4 is 10.5 Å². The van der Waals surface area contributed by atoms with Crippen molar-refractivity contribution in [2.45, 2.75) is 20.4 Å². The van der Waals surface area contributed by atoms with E-state index in [-0.39, 0.29) is 6.54 Å². The molecule has 0 amide bonds. The third-order valence-electron chi connectivity index (χ3n) is 2.69. The summed E-state index contributed by atoms with van der Waals surface area (Å²) in [5.74, 6) is 1.58. The molecule has 0 bridgehead atoms. The van der Waals surface area contributed by atoms with Crippen LogP contribution in [0.25, 0.3) is 11.5 Å². The predicted octanol–water partition coefficient (Wildman–Crippen LogP) is 1.82. The standard InChI is InChI=1S/C12H15N3O2/c1-7-4-9(10(16-3)5-8(7)2)12-15-14-11(6-13)17-12/h4-5H,6,13H2,1-3H3. The number of ether oxygens (including phenoxy) is 1. The van der Waals surface area contributed by atoms with Crippen LogP contribution in [0.5, 0.6) is 5.75 Å². The van der Waals surface area contributed by atoms with Gasteiger partial charge in [0.2, 0.25) is 5.89 Å². The molecule has 5 heteroatoms. The highest BCUT2D eigenvalue weighted by molar-refractivity contribution is 5.64. The average Bonchev–Trinajstić information content (AvgIpc) is 2.80. The molecular formula is C12H15N3O2. The molecule has 0 saturated heterocycles. The van der Waals surface area contributed by atoms with Crippen molar-refractivity contribution < 1.29 is 9.15 Å². The second kappa shape index (κ2) is 4.55. The van der Waals surface area contributed by atoms with Gasteiger partial charge in [0.25, 0.3) is 5.89 Å². The molecule has 0 atom stereocenters. The summed E-state index contributed by atoms with van der Waals surface area (Å²) in [7, 11) is 1.62. The maximum absolute atomic E-state index is 5.44. The lowest BCUT2D eigenvalue weighted by Gasteiger charge is -2.08. The minimum absolute atomic E-state index is 0.236. The lowest BCUT2D eigenvalue weighted by Crippen LogP contribution is -1.95. The fraction of sp³-hybridized carbons (Fsp3) is 0.333. The van der Waals surface area contributed by atoms with Crippen molar-refractivity contribution in [3.8, 4) is 17.2 Å². The fourth-order valence-electron chi connectivity index (χ4n) is 1.57. The van der Waals surface area contributed by atoms with Gasteiger partial charge in [0.05, 0.1) is 19.2 Å². The van der Waals surface area contributed by atoms with Gasteiger partial charge in [0.1, 0.15) is 5.75 Å². The van der Waals surface area contributed by atoms with E-state index in [1.165, 1.54) is 0 Å². The second-order valence-electron chi connectivity index (χ2n) is 3.84. The van der Waals surface area contributed by atoms with Crippen LogP contribution in [0.2, 0.25) is 0 Å². The molecule has 0 aliphatic heterocycles. The molecule has 0 spiro atoms. The number of hydrogen-bond donors (Lipinski definition) is 1. The third-order valence-corrected chi connectivity index (χ3v) is 2.69. The summed E-state index contributed by atoms with van der Waals surface area (Å²) in [4.78, 5) is 0. The highest BCUT2D eigenvalue weighted by Crippen LogP contribution is 2.31. The zero-order chi connectivity index (χ0) is 12.4. The number of methoxy groups -OCH3 is 1. The second-order valence-corrected chi connectivity index (χ2v) is 3.84. The zero-order valence-electron chi connectivity index (χ0n) is 10.2. The van der Waals surface area contributed by atoms with Crippen LogP contribution in [0.3, 0.4) is 0 Å². The molecule has 2 aromatic rings. The van der Waals surface area contributed by atoms with Crippen molar-refractivity contribution in [2.75, 3.05) is 7.11 Å². The Labute approximate surface area is 99.6 Å². The largest absolute Gasteiger partial charge is 0.496 e. The normalized spacial score (nSPS) is 10.6. The minimum atomic E-state index is 0.236. The van der Waals surface area contributed by atoms with Gasteiger partial charge in [-0.1, -0.05) is 0 Å². The van der Waals surface area contributed by atoms with Gasteiger partial charge >= 0.3 is 0 Å². The van der Waals surface area contributed by atoms with Crippen LogP contribution in [-0.2, 0) is 6.54 Å². The quantitative estimate of drug-likeness (QED) is 0.875. The highest BCUT2D eigenvalue weighted by Gasteiger charge is 2.14. The summed E-state index contributed by atoms with van der Waals surface area (Å²) in [5, 5.41) is 7.80. The molecule has 5 nitrogen and oxygen atoms in total. The van der Waals surface area contributed by atoms with Crippen molar-refractivity contribution in [3.05, 3.63) is 29.2 Å².